The molecule has 0 saturated carbocycles. The molecule has 2 aliphatic heterocycles. The normalized spacial score (nSPS) is 23.0. The van der Waals surface area contributed by atoms with Crippen molar-refractivity contribution in [1.82, 2.24) is 16.0 Å². The Balaban J connectivity index is 1.47. The number of carbonyl (C=O) groups excluding carboxylic acids is 3. The number of nitrogens with zero attached hydrogens (tertiary/aromatic N) is 1. The molecular weight excluding hydrogens is 356 g/mol. The highest BCUT2D eigenvalue weighted by atomic mass is 35.5. The van der Waals surface area contributed by atoms with E-state index in [0.29, 0.717) is 23.2 Å². The average Bonchev–Trinajstić information content (AvgIpc) is 2.93. The summed E-state index contributed by atoms with van der Waals surface area (Å²) in [6.07, 6.45) is 2.72. The first-order chi connectivity index (χ1) is 12.5. The minimum absolute atomic E-state index is 0.0948. The van der Waals surface area contributed by atoms with E-state index in [0.717, 1.165) is 30.8 Å². The summed E-state index contributed by atoms with van der Waals surface area (Å²) in [7, 11) is 0. The molecule has 1 aromatic rings. The molecular formula is C18H23ClN4O3. The van der Waals surface area contributed by atoms with Crippen LogP contribution in [0.15, 0.2) is 24.3 Å². The summed E-state index contributed by atoms with van der Waals surface area (Å²) in [5, 5.41) is 9.40. The lowest BCUT2D eigenvalue weighted by Crippen LogP contribution is -2.38. The second kappa shape index (κ2) is 8.51. The Morgan fingerprint density at radius 3 is 2.73 bits per heavy atom. The summed E-state index contributed by atoms with van der Waals surface area (Å²) in [4.78, 5) is 37.7. The van der Waals surface area contributed by atoms with Crippen LogP contribution < -0.4 is 20.9 Å². The van der Waals surface area contributed by atoms with Gasteiger partial charge in [0.05, 0.1) is 5.69 Å². The van der Waals surface area contributed by atoms with Gasteiger partial charge in [-0.2, -0.15) is 0 Å². The number of hydrogen-bond acceptors (Lipinski definition) is 4. The van der Waals surface area contributed by atoms with Gasteiger partial charge in [-0.1, -0.05) is 11.6 Å². The maximum absolute atomic E-state index is 12.5. The monoisotopic (exact) mass is 378 g/mol. The lowest BCUT2D eigenvalue weighted by molar-refractivity contribution is -0.122. The fourth-order valence-corrected chi connectivity index (χ4v) is 3.41. The van der Waals surface area contributed by atoms with Gasteiger partial charge in [-0.05, 0) is 62.5 Å². The summed E-state index contributed by atoms with van der Waals surface area (Å²) in [5.74, 6) is 0.0186. The van der Waals surface area contributed by atoms with Crippen LogP contribution in [0, 0.1) is 5.92 Å². The molecule has 7 nitrogen and oxygen atoms in total. The Kier molecular flexibility index (Phi) is 6.11. The Morgan fingerprint density at radius 2 is 2.04 bits per heavy atom. The van der Waals surface area contributed by atoms with Crippen molar-refractivity contribution in [1.29, 1.82) is 0 Å². The number of benzene rings is 1. The van der Waals surface area contributed by atoms with Crippen LogP contribution in [-0.4, -0.2) is 43.5 Å². The summed E-state index contributed by atoms with van der Waals surface area (Å²) < 4.78 is 0. The minimum atomic E-state index is -0.680. The van der Waals surface area contributed by atoms with Crippen LogP contribution in [0.1, 0.15) is 25.7 Å². The molecule has 2 unspecified atom stereocenters. The predicted octanol–water partition coefficient (Wildman–Crippen LogP) is 1.66. The quantitative estimate of drug-likeness (QED) is 0.657. The molecule has 4 amide bonds. The van der Waals surface area contributed by atoms with Gasteiger partial charge in [-0.3, -0.25) is 9.59 Å². The Bertz CT molecular complexity index is 674. The molecule has 26 heavy (non-hydrogen) atoms. The highest BCUT2D eigenvalue weighted by Gasteiger charge is 2.38. The van der Waals surface area contributed by atoms with Crippen molar-refractivity contribution in [3.63, 3.8) is 0 Å². The predicted molar refractivity (Wildman–Crippen MR) is 99.1 cm³/mol. The second-order valence-electron chi connectivity index (χ2n) is 6.71. The number of rotatable bonds is 6. The van der Waals surface area contributed by atoms with E-state index in [1.807, 2.05) is 0 Å². The molecule has 0 aliphatic carbocycles. The average molecular weight is 379 g/mol. The first kappa shape index (κ1) is 18.7. The van der Waals surface area contributed by atoms with Crippen molar-refractivity contribution in [2.75, 3.05) is 24.5 Å². The summed E-state index contributed by atoms with van der Waals surface area (Å²) >= 11 is 5.84. The van der Waals surface area contributed by atoms with Crippen LogP contribution in [-0.2, 0) is 9.59 Å². The maximum atomic E-state index is 12.5. The number of carbonyl (C=O) groups is 3. The number of urea groups is 1. The standard InChI is InChI=1S/C18H23ClN4O3/c19-13-3-5-14(6-4-13)23-17(25)15(22-18(23)26)7-8-16(24)21-11-12-2-1-9-20-10-12/h3-6,12,15,20H,1-2,7-11H2,(H,21,24)(H,22,26). The van der Waals surface area contributed by atoms with E-state index in [1.165, 1.54) is 0 Å². The van der Waals surface area contributed by atoms with E-state index >= 15 is 0 Å². The molecule has 2 atom stereocenters. The maximum Gasteiger partial charge on any atom is 0.329 e. The Labute approximate surface area is 157 Å². The lowest BCUT2D eigenvalue weighted by Gasteiger charge is -2.22. The number of halogens is 1. The van der Waals surface area contributed by atoms with Crippen molar-refractivity contribution in [3.05, 3.63) is 29.3 Å². The fourth-order valence-electron chi connectivity index (χ4n) is 3.28. The third-order valence-electron chi connectivity index (χ3n) is 4.75. The molecule has 0 bridgehead atoms. The van der Waals surface area contributed by atoms with E-state index in [4.69, 9.17) is 11.6 Å². The van der Waals surface area contributed by atoms with Gasteiger partial charge >= 0.3 is 6.03 Å². The molecule has 1 aromatic carbocycles. The summed E-state index contributed by atoms with van der Waals surface area (Å²) in [5.41, 5.74) is 0.466. The van der Waals surface area contributed by atoms with Crippen molar-refractivity contribution in [3.8, 4) is 0 Å². The van der Waals surface area contributed by atoms with E-state index in [9.17, 15) is 14.4 Å². The molecule has 0 radical (unpaired) electrons. The number of hydrogen-bond donors (Lipinski definition) is 3. The first-order valence-corrected chi connectivity index (χ1v) is 9.30. The summed E-state index contributed by atoms with van der Waals surface area (Å²) in [6.45, 7) is 2.61. The second-order valence-corrected chi connectivity index (χ2v) is 7.14. The smallest absolute Gasteiger partial charge is 0.329 e. The lowest BCUT2D eigenvalue weighted by atomic mass is 10.00. The van der Waals surface area contributed by atoms with Gasteiger partial charge in [-0.15, -0.1) is 0 Å². The van der Waals surface area contributed by atoms with Gasteiger partial charge in [-0.25, -0.2) is 9.69 Å². The SMILES string of the molecule is O=C(CCC1NC(=O)N(c2ccc(Cl)cc2)C1=O)NCC1CCCNC1. The third kappa shape index (κ3) is 4.53. The molecule has 0 spiro atoms. The van der Waals surface area contributed by atoms with Crippen LogP contribution in [0.5, 0.6) is 0 Å². The topological polar surface area (TPSA) is 90.5 Å². The number of imide groups is 1. The van der Waals surface area contributed by atoms with Crippen LogP contribution in [0.3, 0.4) is 0 Å². The largest absolute Gasteiger partial charge is 0.356 e. The Morgan fingerprint density at radius 1 is 1.27 bits per heavy atom. The van der Waals surface area contributed by atoms with Crippen LogP contribution in [0.25, 0.3) is 0 Å². The van der Waals surface area contributed by atoms with Gasteiger partial charge in [0.2, 0.25) is 5.91 Å². The van der Waals surface area contributed by atoms with Crippen LogP contribution in [0.2, 0.25) is 5.02 Å². The van der Waals surface area contributed by atoms with E-state index in [2.05, 4.69) is 16.0 Å². The van der Waals surface area contributed by atoms with Crippen LogP contribution >= 0.6 is 11.6 Å². The van der Waals surface area contributed by atoms with Crippen molar-refractivity contribution in [2.45, 2.75) is 31.7 Å². The van der Waals surface area contributed by atoms with E-state index in [1.54, 1.807) is 24.3 Å². The molecule has 3 rings (SSSR count). The minimum Gasteiger partial charge on any atom is -0.356 e. The van der Waals surface area contributed by atoms with Crippen molar-refractivity contribution < 1.29 is 14.4 Å². The summed E-state index contributed by atoms with van der Waals surface area (Å²) in [6, 6.07) is 5.33. The Hall–Kier alpha value is -2.12. The highest BCUT2D eigenvalue weighted by Crippen LogP contribution is 2.23. The fraction of sp³-hybridized carbons (Fsp3) is 0.500. The zero-order valence-electron chi connectivity index (χ0n) is 14.5. The number of nitrogens with one attached hydrogen (secondary N) is 3. The molecule has 2 saturated heterocycles. The molecule has 0 aromatic heterocycles. The van der Waals surface area contributed by atoms with Crippen molar-refractivity contribution >= 4 is 35.1 Å². The molecule has 2 aliphatic rings. The van der Waals surface area contributed by atoms with Crippen LogP contribution in [0.4, 0.5) is 10.5 Å². The van der Waals surface area contributed by atoms with Crippen molar-refractivity contribution in [2.24, 2.45) is 5.92 Å². The third-order valence-corrected chi connectivity index (χ3v) is 5.00. The molecule has 2 heterocycles. The number of piperidine rings is 1. The highest BCUT2D eigenvalue weighted by molar-refractivity contribution is 6.30. The first-order valence-electron chi connectivity index (χ1n) is 8.92. The number of anilines is 1. The molecule has 8 heteroatoms. The zero-order chi connectivity index (χ0) is 18.5. The van der Waals surface area contributed by atoms with Gasteiger partial charge in [0.15, 0.2) is 0 Å². The van der Waals surface area contributed by atoms with E-state index < -0.39 is 12.1 Å². The molecule has 2 fully saturated rings. The molecule has 140 valence electrons. The van der Waals surface area contributed by atoms with Gasteiger partial charge in [0.25, 0.3) is 5.91 Å². The molecule has 3 N–H and O–H groups in total. The van der Waals surface area contributed by atoms with Gasteiger partial charge < -0.3 is 16.0 Å². The van der Waals surface area contributed by atoms with Gasteiger partial charge in [0.1, 0.15) is 6.04 Å². The zero-order valence-corrected chi connectivity index (χ0v) is 15.2. The van der Waals surface area contributed by atoms with Gasteiger partial charge in [0, 0.05) is 18.0 Å². The number of amides is 4. The van der Waals surface area contributed by atoms with E-state index in [-0.39, 0.29) is 24.7 Å².